The van der Waals surface area contributed by atoms with Crippen LogP contribution in [0.25, 0.3) is 0 Å². The van der Waals surface area contributed by atoms with Gasteiger partial charge in [-0.25, -0.2) is 13.6 Å². The Morgan fingerprint density at radius 3 is 2.31 bits per heavy atom. The minimum Gasteiger partial charge on any atom is -0.454 e. The second-order valence-electron chi connectivity index (χ2n) is 2.82. The third-order valence-electron chi connectivity index (χ3n) is 1.59. The summed E-state index contributed by atoms with van der Waals surface area (Å²) in [6, 6.07) is 2.40. The molecule has 0 aliphatic carbocycles. The molecule has 0 aliphatic heterocycles. The van der Waals surface area contributed by atoms with E-state index in [1.54, 1.807) is 0 Å². The Labute approximate surface area is 86.6 Å². The van der Waals surface area contributed by atoms with Gasteiger partial charge in [-0.3, -0.25) is 0 Å². The standard InChI is InChI=1S/C9H5F5O2/c10-6-2-1-5(3-7(6)11)4-16-8(15)9(12,13)14/h1-3H,4H2. The van der Waals surface area contributed by atoms with Crippen LogP contribution in [0, 0.1) is 11.6 Å². The largest absolute Gasteiger partial charge is 0.490 e. The summed E-state index contributed by atoms with van der Waals surface area (Å²) in [4.78, 5) is 10.3. The van der Waals surface area contributed by atoms with Gasteiger partial charge in [0.1, 0.15) is 6.61 Å². The Kier molecular flexibility index (Phi) is 3.46. The predicted molar refractivity (Wildman–Crippen MR) is 42.2 cm³/mol. The first-order chi connectivity index (χ1) is 7.30. The summed E-state index contributed by atoms with van der Waals surface area (Å²) in [7, 11) is 0. The van der Waals surface area contributed by atoms with Crippen LogP contribution in [0.4, 0.5) is 22.0 Å². The average molecular weight is 240 g/mol. The first-order valence-electron chi connectivity index (χ1n) is 3.98. The van der Waals surface area contributed by atoms with Gasteiger partial charge in [0.15, 0.2) is 11.6 Å². The maximum atomic E-state index is 12.6. The van der Waals surface area contributed by atoms with Crippen LogP contribution in [0.5, 0.6) is 0 Å². The normalized spacial score (nSPS) is 11.3. The zero-order valence-corrected chi connectivity index (χ0v) is 7.65. The monoisotopic (exact) mass is 240 g/mol. The predicted octanol–water partition coefficient (Wildman–Crippen LogP) is 2.57. The maximum Gasteiger partial charge on any atom is 0.490 e. The number of rotatable bonds is 2. The van der Waals surface area contributed by atoms with E-state index in [4.69, 9.17) is 0 Å². The number of carbonyl (C=O) groups excluding carboxylic acids is 1. The molecule has 0 atom stereocenters. The zero-order valence-electron chi connectivity index (χ0n) is 7.65. The highest BCUT2D eigenvalue weighted by Crippen LogP contribution is 2.18. The molecule has 1 aromatic carbocycles. The Hall–Kier alpha value is -1.66. The van der Waals surface area contributed by atoms with E-state index in [-0.39, 0.29) is 5.56 Å². The summed E-state index contributed by atoms with van der Waals surface area (Å²) >= 11 is 0. The molecule has 0 unspecified atom stereocenters. The Balaban J connectivity index is 2.62. The zero-order chi connectivity index (χ0) is 12.3. The van der Waals surface area contributed by atoms with Crippen molar-refractivity contribution in [2.45, 2.75) is 12.8 Å². The van der Waals surface area contributed by atoms with Gasteiger partial charge in [0, 0.05) is 0 Å². The summed E-state index contributed by atoms with van der Waals surface area (Å²) in [6.45, 7) is -0.768. The summed E-state index contributed by atoms with van der Waals surface area (Å²) < 4.78 is 63.9. The Morgan fingerprint density at radius 2 is 1.81 bits per heavy atom. The summed E-state index contributed by atoms with van der Waals surface area (Å²) in [6.07, 6.45) is -5.10. The second-order valence-corrected chi connectivity index (χ2v) is 2.82. The minimum absolute atomic E-state index is 0.0727. The van der Waals surface area contributed by atoms with Gasteiger partial charge < -0.3 is 4.74 Å². The maximum absolute atomic E-state index is 12.6. The third kappa shape index (κ3) is 3.18. The number of alkyl halides is 3. The quantitative estimate of drug-likeness (QED) is 0.586. The molecule has 0 spiro atoms. The van der Waals surface area contributed by atoms with Crippen molar-refractivity contribution >= 4 is 5.97 Å². The van der Waals surface area contributed by atoms with Crippen LogP contribution in [-0.2, 0) is 16.1 Å². The molecule has 2 nitrogen and oxygen atoms in total. The fraction of sp³-hybridized carbons (Fsp3) is 0.222. The van der Waals surface area contributed by atoms with Gasteiger partial charge in [-0.05, 0) is 17.7 Å². The van der Waals surface area contributed by atoms with Gasteiger partial charge in [0.05, 0.1) is 0 Å². The third-order valence-corrected chi connectivity index (χ3v) is 1.59. The molecule has 0 fully saturated rings. The van der Waals surface area contributed by atoms with Crippen molar-refractivity contribution in [3.8, 4) is 0 Å². The summed E-state index contributed by atoms with van der Waals surface area (Å²) in [5.74, 6) is -4.73. The molecule has 1 aromatic rings. The van der Waals surface area contributed by atoms with Crippen molar-refractivity contribution in [1.82, 2.24) is 0 Å². The van der Waals surface area contributed by atoms with E-state index in [0.29, 0.717) is 6.07 Å². The molecule has 0 heterocycles. The van der Waals surface area contributed by atoms with Gasteiger partial charge >= 0.3 is 12.1 Å². The van der Waals surface area contributed by atoms with Crippen LogP contribution in [0.15, 0.2) is 18.2 Å². The van der Waals surface area contributed by atoms with Crippen LogP contribution >= 0.6 is 0 Å². The fourth-order valence-corrected chi connectivity index (χ4v) is 0.860. The molecule has 0 N–H and O–H groups in total. The van der Waals surface area contributed by atoms with Gasteiger partial charge in [0.2, 0.25) is 0 Å². The molecule has 0 aromatic heterocycles. The van der Waals surface area contributed by atoms with Crippen molar-refractivity contribution < 1.29 is 31.5 Å². The molecule has 0 bridgehead atoms. The highest BCUT2D eigenvalue weighted by molar-refractivity contribution is 5.75. The number of hydrogen-bond donors (Lipinski definition) is 0. The van der Waals surface area contributed by atoms with Crippen LogP contribution in [0.2, 0.25) is 0 Å². The number of halogens is 5. The fourth-order valence-electron chi connectivity index (χ4n) is 0.860. The van der Waals surface area contributed by atoms with E-state index < -0.39 is 30.4 Å². The average Bonchev–Trinajstić information content (AvgIpc) is 2.18. The molecule has 16 heavy (non-hydrogen) atoms. The lowest BCUT2D eigenvalue weighted by Gasteiger charge is -2.07. The Bertz CT molecular complexity index is 399. The van der Waals surface area contributed by atoms with Crippen LogP contribution in [0.3, 0.4) is 0 Å². The highest BCUT2D eigenvalue weighted by Gasteiger charge is 2.40. The molecule has 7 heteroatoms. The van der Waals surface area contributed by atoms with Crippen LogP contribution < -0.4 is 0 Å². The molecule has 0 saturated heterocycles. The van der Waals surface area contributed by atoms with Crippen molar-refractivity contribution in [2.24, 2.45) is 0 Å². The number of benzene rings is 1. The van der Waals surface area contributed by atoms with Crippen molar-refractivity contribution in [3.05, 3.63) is 35.4 Å². The lowest BCUT2D eigenvalue weighted by molar-refractivity contribution is -0.201. The van der Waals surface area contributed by atoms with Gasteiger partial charge in [0.25, 0.3) is 0 Å². The first-order valence-corrected chi connectivity index (χ1v) is 3.98. The lowest BCUT2D eigenvalue weighted by Crippen LogP contribution is -2.25. The SMILES string of the molecule is O=C(OCc1ccc(F)c(F)c1)C(F)(F)F. The van der Waals surface area contributed by atoms with E-state index in [1.807, 2.05) is 0 Å². The summed E-state index contributed by atoms with van der Waals surface area (Å²) in [5, 5.41) is 0. The molecular formula is C9H5F5O2. The second kappa shape index (κ2) is 4.46. The van der Waals surface area contributed by atoms with E-state index in [2.05, 4.69) is 4.74 Å². The summed E-state index contributed by atoms with van der Waals surface area (Å²) in [5.41, 5.74) is -0.0727. The molecule has 1 rings (SSSR count). The topological polar surface area (TPSA) is 26.3 Å². The molecule has 0 radical (unpaired) electrons. The van der Waals surface area contributed by atoms with Crippen molar-refractivity contribution in [3.63, 3.8) is 0 Å². The van der Waals surface area contributed by atoms with Gasteiger partial charge in [-0.1, -0.05) is 6.07 Å². The minimum atomic E-state index is -5.10. The van der Waals surface area contributed by atoms with Gasteiger partial charge in [-0.15, -0.1) is 0 Å². The van der Waals surface area contributed by atoms with Crippen LogP contribution in [-0.4, -0.2) is 12.1 Å². The number of ether oxygens (including phenoxy) is 1. The number of carbonyl (C=O) groups is 1. The van der Waals surface area contributed by atoms with E-state index in [0.717, 1.165) is 12.1 Å². The molecule has 88 valence electrons. The smallest absolute Gasteiger partial charge is 0.454 e. The van der Waals surface area contributed by atoms with Crippen molar-refractivity contribution in [1.29, 1.82) is 0 Å². The van der Waals surface area contributed by atoms with E-state index in [1.165, 1.54) is 0 Å². The molecule has 0 amide bonds. The van der Waals surface area contributed by atoms with Crippen LogP contribution in [0.1, 0.15) is 5.56 Å². The molecule has 0 aliphatic rings. The lowest BCUT2D eigenvalue weighted by atomic mass is 10.2. The Morgan fingerprint density at radius 1 is 1.19 bits per heavy atom. The molecule has 0 saturated carbocycles. The first kappa shape index (κ1) is 12.4. The number of hydrogen-bond acceptors (Lipinski definition) is 2. The highest BCUT2D eigenvalue weighted by atomic mass is 19.4. The van der Waals surface area contributed by atoms with E-state index >= 15 is 0 Å². The van der Waals surface area contributed by atoms with E-state index in [9.17, 15) is 26.7 Å². The van der Waals surface area contributed by atoms with Crippen molar-refractivity contribution in [2.75, 3.05) is 0 Å². The van der Waals surface area contributed by atoms with Gasteiger partial charge in [-0.2, -0.15) is 13.2 Å². The number of esters is 1. The molecular weight excluding hydrogens is 235 g/mol.